The molecule has 0 atom stereocenters. The molecule has 0 N–H and O–H groups in total. The van der Waals surface area contributed by atoms with Crippen LogP contribution in [0.5, 0.6) is 0 Å². The first-order chi connectivity index (χ1) is 1.73. The van der Waals surface area contributed by atoms with Gasteiger partial charge in [0.15, 0.2) is 0 Å². The SMILES string of the molecule is C.C.C.[B].[Cl][Fe]([Cl])[Cl]. The molecule has 56 valence electrons. The van der Waals surface area contributed by atoms with Gasteiger partial charge in [-0.25, -0.2) is 0 Å². The third kappa shape index (κ3) is 147. The molecule has 0 unspecified atom stereocenters. The van der Waals surface area contributed by atoms with E-state index >= 15 is 0 Å². The van der Waals surface area contributed by atoms with E-state index in [0.29, 0.717) is 0 Å². The topological polar surface area (TPSA) is 0 Å². The Morgan fingerprint density at radius 1 is 0.750 bits per heavy atom. The molecule has 0 saturated carbocycles. The van der Waals surface area contributed by atoms with Gasteiger partial charge in [0, 0.05) is 8.41 Å². The van der Waals surface area contributed by atoms with Crippen molar-refractivity contribution in [1.82, 2.24) is 0 Å². The maximum absolute atomic E-state index is 4.89. The zero-order chi connectivity index (χ0) is 3.58. The van der Waals surface area contributed by atoms with Gasteiger partial charge in [0.05, 0.1) is 0 Å². The first-order valence-electron chi connectivity index (χ1n) is 0.401. The molecule has 0 saturated heterocycles. The van der Waals surface area contributed by atoms with Crippen LogP contribution in [0.2, 0.25) is 0 Å². The molecule has 0 aromatic heterocycles. The predicted molar refractivity (Wildman–Crippen MR) is 43.5 cm³/mol. The second kappa shape index (κ2) is 23.7. The van der Waals surface area contributed by atoms with Crippen LogP contribution in [0.25, 0.3) is 0 Å². The third-order valence-corrected chi connectivity index (χ3v) is 0. The molecule has 0 aliphatic heterocycles. The van der Waals surface area contributed by atoms with Gasteiger partial charge >= 0.3 is 41.5 Å². The standard InChI is InChI=1S/3CH4.B.3ClH.Fe/h3*1H4;;3*1H;/q;;;;;;;+3/p-3. The van der Waals surface area contributed by atoms with Crippen molar-refractivity contribution in [2.75, 3.05) is 0 Å². The average molecular weight is 221 g/mol. The van der Waals surface area contributed by atoms with Crippen LogP contribution in [0.1, 0.15) is 22.3 Å². The molecule has 0 nitrogen and oxygen atoms in total. The fourth-order valence-electron chi connectivity index (χ4n) is 0. The first-order valence-corrected chi connectivity index (χ1v) is 4.96. The van der Waals surface area contributed by atoms with Gasteiger partial charge in [0.25, 0.3) is 0 Å². The van der Waals surface area contributed by atoms with Crippen LogP contribution >= 0.6 is 30.3 Å². The molecule has 0 bridgehead atoms. The fraction of sp³-hybridized carbons (Fsp3) is 1.00. The second-order valence-electron chi connectivity index (χ2n) is 0.152. The number of hydrogen-bond donors (Lipinski definition) is 0. The molecule has 0 aliphatic carbocycles. The summed E-state index contributed by atoms with van der Waals surface area (Å²) in [6.07, 6.45) is 0. The third-order valence-electron chi connectivity index (χ3n) is 0. The summed E-state index contributed by atoms with van der Waals surface area (Å²) in [5.74, 6) is 0. The van der Waals surface area contributed by atoms with Gasteiger partial charge in [-0.1, -0.05) is 22.3 Å². The Hall–Kier alpha value is 1.45. The van der Waals surface area contributed by atoms with Crippen molar-refractivity contribution in [3.63, 3.8) is 0 Å². The minimum absolute atomic E-state index is 0. The minimum atomic E-state index is -1.33. The molecule has 5 heteroatoms. The summed E-state index contributed by atoms with van der Waals surface area (Å²) in [4.78, 5) is 0. The van der Waals surface area contributed by atoms with E-state index in [9.17, 15) is 0 Å². The Bertz CT molecular complexity index is 19.2. The molecule has 0 aromatic carbocycles. The van der Waals surface area contributed by atoms with Gasteiger partial charge in [-0.05, 0) is 0 Å². The number of hydrogen-bond acceptors (Lipinski definition) is 0. The van der Waals surface area contributed by atoms with Crippen molar-refractivity contribution in [2.45, 2.75) is 22.3 Å². The van der Waals surface area contributed by atoms with E-state index in [1.165, 1.54) is 0 Å². The van der Waals surface area contributed by atoms with E-state index in [0.717, 1.165) is 0 Å². The molecule has 0 heterocycles. The Kier molecular flexibility index (Phi) is 101. The van der Waals surface area contributed by atoms with E-state index in [4.69, 9.17) is 30.3 Å². The van der Waals surface area contributed by atoms with Crippen molar-refractivity contribution in [3.8, 4) is 0 Å². The monoisotopic (exact) mass is 220 g/mol. The molecule has 8 heavy (non-hydrogen) atoms. The Morgan fingerprint density at radius 3 is 0.750 bits per heavy atom. The summed E-state index contributed by atoms with van der Waals surface area (Å²) in [7, 11) is 14.7. The molecular weight excluding hydrogens is 209 g/mol. The molecule has 0 aromatic rings. The van der Waals surface area contributed by atoms with E-state index in [-0.39, 0.29) is 30.7 Å². The van der Waals surface area contributed by atoms with E-state index in [2.05, 4.69) is 0 Å². The van der Waals surface area contributed by atoms with Crippen molar-refractivity contribution >= 4 is 38.7 Å². The summed E-state index contributed by atoms with van der Waals surface area (Å²) < 4.78 is 0. The summed E-state index contributed by atoms with van der Waals surface area (Å²) >= 11 is -1.33. The van der Waals surface area contributed by atoms with Crippen LogP contribution < -0.4 is 0 Å². The van der Waals surface area contributed by atoms with Crippen molar-refractivity contribution in [1.29, 1.82) is 0 Å². The summed E-state index contributed by atoms with van der Waals surface area (Å²) in [6, 6.07) is 0. The summed E-state index contributed by atoms with van der Waals surface area (Å²) in [6.45, 7) is 0. The Balaban J connectivity index is -0.00000000750. The van der Waals surface area contributed by atoms with E-state index < -0.39 is 11.2 Å². The second-order valence-corrected chi connectivity index (χ2v) is 5.62. The molecule has 0 amide bonds. The van der Waals surface area contributed by atoms with Crippen LogP contribution in [0.4, 0.5) is 0 Å². The van der Waals surface area contributed by atoms with E-state index in [1.807, 2.05) is 0 Å². The average Bonchev–Trinajstić information content (AvgIpc) is 0.811. The van der Waals surface area contributed by atoms with Gasteiger partial charge in [0.2, 0.25) is 0 Å². The van der Waals surface area contributed by atoms with E-state index in [1.54, 1.807) is 0 Å². The van der Waals surface area contributed by atoms with Crippen LogP contribution in [0.3, 0.4) is 0 Å². The normalized spacial score (nSPS) is 5.62. The molecular formula is C3H12BCl3Fe. The Morgan fingerprint density at radius 2 is 0.750 bits per heavy atom. The van der Waals surface area contributed by atoms with Gasteiger partial charge in [-0.2, -0.15) is 0 Å². The maximum atomic E-state index is 4.89. The zero-order valence-corrected chi connectivity index (χ0v) is 5.44. The Labute approximate surface area is 72.0 Å². The van der Waals surface area contributed by atoms with Crippen LogP contribution in [0.15, 0.2) is 0 Å². The van der Waals surface area contributed by atoms with Gasteiger partial charge < -0.3 is 0 Å². The molecule has 3 radical (unpaired) electrons. The van der Waals surface area contributed by atoms with Gasteiger partial charge in [-0.15, -0.1) is 0 Å². The quantitative estimate of drug-likeness (QED) is 0.548. The number of rotatable bonds is 0. The van der Waals surface area contributed by atoms with Crippen LogP contribution in [-0.4, -0.2) is 8.41 Å². The summed E-state index contributed by atoms with van der Waals surface area (Å²) in [5, 5.41) is 0. The van der Waals surface area contributed by atoms with Crippen molar-refractivity contribution < 1.29 is 11.2 Å². The molecule has 0 spiro atoms. The molecule has 0 fully saturated rings. The predicted octanol–water partition coefficient (Wildman–Crippen LogP) is 3.59. The number of halogens is 3. The molecule has 0 rings (SSSR count). The van der Waals surface area contributed by atoms with Gasteiger partial charge in [-0.3, -0.25) is 0 Å². The molecule has 0 aliphatic rings. The fourth-order valence-corrected chi connectivity index (χ4v) is 0. The van der Waals surface area contributed by atoms with Gasteiger partial charge in [0.1, 0.15) is 0 Å². The van der Waals surface area contributed by atoms with Crippen LogP contribution in [-0.2, 0) is 11.2 Å². The van der Waals surface area contributed by atoms with Crippen molar-refractivity contribution in [2.24, 2.45) is 0 Å². The first kappa shape index (κ1) is 34.1. The van der Waals surface area contributed by atoms with Crippen molar-refractivity contribution in [3.05, 3.63) is 0 Å². The zero-order valence-electron chi connectivity index (χ0n) is 2.06. The van der Waals surface area contributed by atoms with Crippen LogP contribution in [0, 0.1) is 0 Å². The summed E-state index contributed by atoms with van der Waals surface area (Å²) in [5.41, 5.74) is 0.